The minimum absolute atomic E-state index is 0.846. The van der Waals surface area contributed by atoms with Crippen LogP contribution in [0.1, 0.15) is 11.3 Å². The highest BCUT2D eigenvalue weighted by molar-refractivity contribution is 6.25. The van der Waals surface area contributed by atoms with Crippen LogP contribution in [-0.4, -0.2) is 4.57 Å². The monoisotopic (exact) mass is 1050 g/mol. The second-order valence-electron chi connectivity index (χ2n) is 21.3. The first-order valence-electron chi connectivity index (χ1n) is 28.1. The van der Waals surface area contributed by atoms with Gasteiger partial charge >= 0.3 is 0 Å². The zero-order valence-electron chi connectivity index (χ0n) is 45.3. The van der Waals surface area contributed by atoms with Crippen molar-refractivity contribution >= 4 is 88.2 Å². The number of allylic oxidation sites excluding steroid dienone is 2. The third kappa shape index (κ3) is 8.38. The summed E-state index contributed by atoms with van der Waals surface area (Å²) < 4.78 is 8.92. The number of furan rings is 1. The van der Waals surface area contributed by atoms with Gasteiger partial charge in [-0.3, -0.25) is 0 Å². The van der Waals surface area contributed by atoms with Crippen LogP contribution in [0.25, 0.3) is 132 Å². The van der Waals surface area contributed by atoms with Gasteiger partial charge in [-0.2, -0.15) is 0 Å². The van der Waals surface area contributed by atoms with Crippen molar-refractivity contribution in [1.82, 2.24) is 4.57 Å². The fourth-order valence-corrected chi connectivity index (χ4v) is 12.5. The van der Waals surface area contributed by atoms with Crippen LogP contribution < -0.4 is 4.90 Å². The molecular weight excluding hydrogens is 993 g/mol. The van der Waals surface area contributed by atoms with Gasteiger partial charge in [0.15, 0.2) is 0 Å². The Bertz CT molecular complexity index is 4920. The quantitative estimate of drug-likeness (QED) is 0.0951. The zero-order chi connectivity index (χ0) is 54.7. The van der Waals surface area contributed by atoms with Crippen LogP contribution in [0.3, 0.4) is 0 Å². The average molecular weight is 1050 g/mol. The summed E-state index contributed by atoms with van der Waals surface area (Å²) in [5.41, 5.74) is 20.2. The molecule has 13 aromatic carbocycles. The van der Waals surface area contributed by atoms with Crippen LogP contribution >= 0.6 is 0 Å². The van der Waals surface area contributed by atoms with E-state index >= 15 is 0 Å². The van der Waals surface area contributed by atoms with Gasteiger partial charge in [0.1, 0.15) is 11.3 Å². The van der Waals surface area contributed by atoms with E-state index in [2.05, 4.69) is 302 Å². The van der Waals surface area contributed by atoms with Crippen molar-refractivity contribution in [3.05, 3.63) is 309 Å². The second-order valence-corrected chi connectivity index (χ2v) is 21.3. The zero-order valence-corrected chi connectivity index (χ0v) is 45.3. The number of nitrogens with zero attached hydrogens (tertiary/aromatic N) is 2. The molecule has 0 amide bonds. The van der Waals surface area contributed by atoms with Crippen LogP contribution in [0.5, 0.6) is 0 Å². The van der Waals surface area contributed by atoms with Gasteiger partial charge in [0, 0.05) is 50.0 Å². The molecule has 0 aliphatic heterocycles. The van der Waals surface area contributed by atoms with Crippen LogP contribution in [0.4, 0.5) is 17.1 Å². The Kier molecular flexibility index (Phi) is 11.9. The van der Waals surface area contributed by atoms with Crippen LogP contribution in [0.2, 0.25) is 0 Å². The first-order valence-corrected chi connectivity index (χ1v) is 28.1. The molecule has 82 heavy (non-hydrogen) atoms. The van der Waals surface area contributed by atoms with Crippen LogP contribution in [0.15, 0.2) is 302 Å². The van der Waals surface area contributed by atoms with Gasteiger partial charge in [-0.15, -0.1) is 0 Å². The molecule has 0 radical (unpaired) electrons. The van der Waals surface area contributed by atoms with E-state index in [9.17, 15) is 0 Å². The van der Waals surface area contributed by atoms with Crippen molar-refractivity contribution in [2.45, 2.75) is 6.92 Å². The van der Waals surface area contributed by atoms with E-state index in [1.54, 1.807) is 6.08 Å². The number of aromatic nitrogens is 1. The Morgan fingerprint density at radius 1 is 0.341 bits per heavy atom. The molecule has 0 N–H and O–H groups in total. The number of aryl methyl sites for hydroxylation is 1. The summed E-state index contributed by atoms with van der Waals surface area (Å²) in [5.74, 6) is 0.846. The summed E-state index contributed by atoms with van der Waals surface area (Å²) in [6.45, 7) is 5.97. The van der Waals surface area contributed by atoms with Crippen molar-refractivity contribution < 1.29 is 4.42 Å². The topological polar surface area (TPSA) is 21.3 Å². The van der Waals surface area contributed by atoms with Gasteiger partial charge in [-0.05, 0) is 174 Å². The third-order valence-corrected chi connectivity index (χ3v) is 16.6. The van der Waals surface area contributed by atoms with Crippen molar-refractivity contribution in [2.75, 3.05) is 4.90 Å². The Morgan fingerprint density at radius 2 is 0.732 bits per heavy atom. The van der Waals surface area contributed by atoms with E-state index < -0.39 is 0 Å². The molecule has 3 heteroatoms. The van der Waals surface area contributed by atoms with Crippen molar-refractivity contribution in [3.8, 4) is 61.3 Å². The Hall–Kier alpha value is -10.7. The van der Waals surface area contributed by atoms with Gasteiger partial charge in [0.05, 0.1) is 11.0 Å². The Morgan fingerprint density at radius 3 is 1.26 bits per heavy atom. The van der Waals surface area contributed by atoms with E-state index in [1.807, 2.05) is 12.2 Å². The molecule has 0 aliphatic rings. The van der Waals surface area contributed by atoms with Gasteiger partial charge in [-0.1, -0.05) is 219 Å². The molecular formula is C79H54N2O. The molecule has 0 aliphatic carbocycles. The van der Waals surface area contributed by atoms with E-state index in [4.69, 9.17) is 4.42 Å². The van der Waals surface area contributed by atoms with Crippen LogP contribution in [0, 0.1) is 6.92 Å². The SMILES string of the molecule is C=C/C=C\c1oc2c(-c3ccc(N(c4ccc(-c5ccccc5)cc4)c4ccc(-c5ccc6c(c5)c5cc(-c7ccccc7)ccc5n6-c5ccc(-c6ccc7c8ccccc8c8ccccc8c7c6)cc5)cc4)cc3)cccc2c1C. The lowest BCUT2D eigenvalue weighted by Gasteiger charge is -2.26. The molecule has 0 fully saturated rings. The number of benzene rings is 13. The first kappa shape index (κ1) is 48.4. The van der Waals surface area contributed by atoms with E-state index in [0.717, 1.165) is 72.8 Å². The molecule has 15 rings (SSSR count). The maximum Gasteiger partial charge on any atom is 0.142 e. The lowest BCUT2D eigenvalue weighted by Crippen LogP contribution is -2.09. The number of hydrogen-bond donors (Lipinski definition) is 0. The molecule has 0 saturated heterocycles. The fourth-order valence-electron chi connectivity index (χ4n) is 12.5. The summed E-state index contributed by atoms with van der Waals surface area (Å²) in [6, 6.07) is 102. The molecule has 2 aromatic heterocycles. The molecule has 0 saturated carbocycles. The van der Waals surface area contributed by atoms with Gasteiger partial charge in [0.2, 0.25) is 0 Å². The normalized spacial score (nSPS) is 11.7. The van der Waals surface area contributed by atoms with Crippen molar-refractivity contribution in [2.24, 2.45) is 0 Å². The standard InChI is InChI=1S/C79H54N2O/c1-3-4-26-78-52(2)66-24-15-25-67(79(66)82-78)58-33-44-64(45-34-58)80(62-38-27-55(28-39-62)53-16-7-5-8-17-53)63-40-29-57(30-41-63)61-37-48-77-75(51-61)74-50-60(54-18-9-6-10-19-54)36-47-76(74)81(77)65-42-31-56(32-43-65)59-35-46-72-70-22-12-11-20-68(70)69-21-13-14-23-71(69)73(72)49-59/h3-51H,1H2,2H3/b26-4-. The predicted octanol–water partition coefficient (Wildman–Crippen LogP) is 22.3. The summed E-state index contributed by atoms with van der Waals surface area (Å²) in [6.07, 6.45) is 5.68. The Labute approximate surface area is 476 Å². The molecule has 2 heterocycles. The van der Waals surface area contributed by atoms with Gasteiger partial charge in [-0.25, -0.2) is 0 Å². The lowest BCUT2D eigenvalue weighted by molar-refractivity contribution is 0.602. The maximum atomic E-state index is 6.49. The molecule has 0 atom stereocenters. The molecule has 3 nitrogen and oxygen atoms in total. The summed E-state index contributed by atoms with van der Waals surface area (Å²) in [7, 11) is 0. The molecule has 0 bridgehead atoms. The second kappa shape index (κ2) is 20.2. The predicted molar refractivity (Wildman–Crippen MR) is 349 cm³/mol. The molecule has 386 valence electrons. The largest absolute Gasteiger partial charge is 0.456 e. The minimum atomic E-state index is 0.846. The van der Waals surface area contributed by atoms with E-state index in [1.165, 1.54) is 82.0 Å². The number of anilines is 3. The van der Waals surface area contributed by atoms with Gasteiger partial charge < -0.3 is 13.9 Å². The van der Waals surface area contributed by atoms with Crippen molar-refractivity contribution in [1.29, 1.82) is 0 Å². The Balaban J connectivity index is 0.800. The lowest BCUT2D eigenvalue weighted by atomic mass is 9.92. The van der Waals surface area contributed by atoms with E-state index in [0.29, 0.717) is 0 Å². The highest BCUT2D eigenvalue weighted by Crippen LogP contribution is 2.43. The average Bonchev–Trinajstić information content (AvgIpc) is 3.61. The smallest absolute Gasteiger partial charge is 0.142 e. The number of para-hydroxylation sites is 1. The summed E-state index contributed by atoms with van der Waals surface area (Å²) in [5, 5.41) is 11.2. The molecule has 15 aromatic rings. The molecule has 0 unspecified atom stereocenters. The highest BCUT2D eigenvalue weighted by Gasteiger charge is 2.19. The van der Waals surface area contributed by atoms with E-state index in [-0.39, 0.29) is 0 Å². The fraction of sp³-hybridized carbons (Fsp3) is 0.0127. The number of hydrogen-bond acceptors (Lipinski definition) is 2. The maximum absolute atomic E-state index is 6.49. The molecule has 0 spiro atoms. The number of fused-ring (bicyclic) bond motifs is 10. The van der Waals surface area contributed by atoms with Gasteiger partial charge in [0.25, 0.3) is 0 Å². The third-order valence-electron chi connectivity index (χ3n) is 16.6. The number of rotatable bonds is 11. The summed E-state index contributed by atoms with van der Waals surface area (Å²) in [4.78, 5) is 2.34. The highest BCUT2D eigenvalue weighted by atomic mass is 16.3. The first-order chi connectivity index (χ1) is 40.5. The minimum Gasteiger partial charge on any atom is -0.456 e. The van der Waals surface area contributed by atoms with Crippen molar-refractivity contribution in [3.63, 3.8) is 0 Å². The summed E-state index contributed by atoms with van der Waals surface area (Å²) >= 11 is 0. The van der Waals surface area contributed by atoms with Crippen LogP contribution in [-0.2, 0) is 0 Å².